The van der Waals surface area contributed by atoms with E-state index in [9.17, 15) is 5.11 Å². The zero-order valence-electron chi connectivity index (χ0n) is 8.36. The van der Waals surface area contributed by atoms with Crippen molar-refractivity contribution in [2.45, 2.75) is 25.4 Å². The van der Waals surface area contributed by atoms with Gasteiger partial charge in [-0.1, -0.05) is 0 Å². The molecule has 0 bridgehead atoms. The smallest absolute Gasteiger partial charge is 0.115 e. The van der Waals surface area contributed by atoms with Gasteiger partial charge in [-0.25, -0.2) is 0 Å². The minimum absolute atomic E-state index is 0.452. The average molecular weight is 219 g/mol. The molecule has 2 N–H and O–H groups in total. The standard InChI is InChI=1S/C12H13NOS/c14-12(9-4-5-13-7-9)11-6-8-2-1-3-10(8)15-11/h4-7,12-14H,1-3H2. The molecule has 0 fully saturated rings. The Morgan fingerprint density at radius 3 is 3.07 bits per heavy atom. The highest BCUT2D eigenvalue weighted by Gasteiger charge is 2.19. The van der Waals surface area contributed by atoms with Crippen LogP contribution in [0.2, 0.25) is 0 Å². The highest BCUT2D eigenvalue weighted by atomic mass is 32.1. The third-order valence-electron chi connectivity index (χ3n) is 2.97. The van der Waals surface area contributed by atoms with E-state index < -0.39 is 6.10 Å². The SMILES string of the molecule is OC(c1cc[nH]c1)c1cc2c(s1)CCC2. The number of aryl methyl sites for hydroxylation is 2. The van der Waals surface area contributed by atoms with Crippen molar-refractivity contribution in [1.82, 2.24) is 4.98 Å². The van der Waals surface area contributed by atoms with Gasteiger partial charge in [0.2, 0.25) is 0 Å². The van der Waals surface area contributed by atoms with Gasteiger partial charge in [0, 0.05) is 27.7 Å². The first-order chi connectivity index (χ1) is 7.34. The van der Waals surface area contributed by atoms with E-state index in [0.717, 1.165) is 10.4 Å². The summed E-state index contributed by atoms with van der Waals surface area (Å²) in [6.07, 6.45) is 6.91. The molecule has 78 valence electrons. The third kappa shape index (κ3) is 1.52. The number of aromatic amines is 1. The highest BCUT2D eigenvalue weighted by molar-refractivity contribution is 7.12. The summed E-state index contributed by atoms with van der Waals surface area (Å²) in [5.41, 5.74) is 2.40. The number of nitrogens with one attached hydrogen (secondary N) is 1. The van der Waals surface area contributed by atoms with Crippen molar-refractivity contribution in [3.05, 3.63) is 45.4 Å². The maximum absolute atomic E-state index is 10.1. The van der Waals surface area contributed by atoms with Gasteiger partial charge in [-0.15, -0.1) is 11.3 Å². The lowest BCUT2D eigenvalue weighted by atomic mass is 10.1. The van der Waals surface area contributed by atoms with Crippen LogP contribution in [0.3, 0.4) is 0 Å². The summed E-state index contributed by atoms with van der Waals surface area (Å²) in [6.45, 7) is 0. The Balaban J connectivity index is 1.93. The predicted octanol–water partition coefficient (Wildman–Crippen LogP) is 2.65. The Labute approximate surface area is 92.6 Å². The molecule has 2 heterocycles. The minimum atomic E-state index is -0.452. The second-order valence-electron chi connectivity index (χ2n) is 4.00. The third-order valence-corrected chi connectivity index (χ3v) is 4.26. The van der Waals surface area contributed by atoms with E-state index in [1.165, 1.54) is 29.7 Å². The van der Waals surface area contributed by atoms with E-state index >= 15 is 0 Å². The van der Waals surface area contributed by atoms with E-state index in [1.807, 2.05) is 18.5 Å². The van der Waals surface area contributed by atoms with Gasteiger partial charge in [0.15, 0.2) is 0 Å². The van der Waals surface area contributed by atoms with E-state index in [-0.39, 0.29) is 0 Å². The van der Waals surface area contributed by atoms with Gasteiger partial charge in [0.25, 0.3) is 0 Å². The molecule has 0 radical (unpaired) electrons. The van der Waals surface area contributed by atoms with Gasteiger partial charge in [0.1, 0.15) is 6.10 Å². The topological polar surface area (TPSA) is 36.0 Å². The summed E-state index contributed by atoms with van der Waals surface area (Å²) in [4.78, 5) is 5.53. The molecule has 1 aliphatic carbocycles. The lowest BCUT2D eigenvalue weighted by molar-refractivity contribution is 0.224. The number of aromatic nitrogens is 1. The summed E-state index contributed by atoms with van der Waals surface area (Å²) in [5.74, 6) is 0. The number of rotatable bonds is 2. The van der Waals surface area contributed by atoms with Crippen LogP contribution in [0.5, 0.6) is 0 Å². The van der Waals surface area contributed by atoms with Crippen molar-refractivity contribution in [3.63, 3.8) is 0 Å². The van der Waals surface area contributed by atoms with Crippen molar-refractivity contribution in [3.8, 4) is 0 Å². The Morgan fingerprint density at radius 1 is 1.40 bits per heavy atom. The molecule has 2 aromatic rings. The van der Waals surface area contributed by atoms with E-state index in [4.69, 9.17) is 0 Å². The Morgan fingerprint density at radius 2 is 2.33 bits per heavy atom. The zero-order chi connectivity index (χ0) is 10.3. The van der Waals surface area contributed by atoms with Crippen molar-refractivity contribution >= 4 is 11.3 Å². The molecule has 15 heavy (non-hydrogen) atoms. The van der Waals surface area contributed by atoms with Crippen LogP contribution in [0.4, 0.5) is 0 Å². The Hall–Kier alpha value is -1.06. The van der Waals surface area contributed by atoms with Crippen molar-refractivity contribution in [2.24, 2.45) is 0 Å². The van der Waals surface area contributed by atoms with E-state index in [2.05, 4.69) is 11.1 Å². The monoisotopic (exact) mass is 219 g/mol. The molecular weight excluding hydrogens is 206 g/mol. The minimum Gasteiger partial charge on any atom is -0.383 e. The lowest BCUT2D eigenvalue weighted by Crippen LogP contribution is -1.94. The van der Waals surface area contributed by atoms with Crippen LogP contribution in [0, 0.1) is 0 Å². The molecule has 1 atom stereocenters. The van der Waals surface area contributed by atoms with Crippen LogP contribution in [0.1, 0.15) is 33.4 Å². The fraction of sp³-hybridized carbons (Fsp3) is 0.333. The molecular formula is C12H13NOS. The summed E-state index contributed by atoms with van der Waals surface area (Å²) in [6, 6.07) is 4.10. The van der Waals surface area contributed by atoms with Crippen LogP contribution < -0.4 is 0 Å². The summed E-state index contributed by atoms with van der Waals surface area (Å²) < 4.78 is 0. The first kappa shape index (κ1) is 9.19. The fourth-order valence-corrected chi connectivity index (χ4v) is 3.43. The molecule has 0 aliphatic heterocycles. The van der Waals surface area contributed by atoms with Crippen LogP contribution in [0.15, 0.2) is 24.5 Å². The molecule has 0 aromatic carbocycles. The maximum Gasteiger partial charge on any atom is 0.115 e. The molecule has 0 saturated carbocycles. The average Bonchev–Trinajstić information content (AvgIpc) is 2.92. The Kier molecular flexibility index (Phi) is 2.15. The molecule has 1 aliphatic rings. The fourth-order valence-electron chi connectivity index (χ4n) is 2.16. The van der Waals surface area contributed by atoms with Gasteiger partial charge < -0.3 is 10.1 Å². The second-order valence-corrected chi connectivity index (χ2v) is 5.17. The molecule has 2 aromatic heterocycles. The summed E-state index contributed by atoms with van der Waals surface area (Å²) in [7, 11) is 0. The first-order valence-electron chi connectivity index (χ1n) is 5.27. The molecule has 0 saturated heterocycles. The van der Waals surface area contributed by atoms with Crippen molar-refractivity contribution < 1.29 is 5.11 Å². The van der Waals surface area contributed by atoms with Gasteiger partial charge >= 0.3 is 0 Å². The molecule has 0 spiro atoms. The number of hydrogen-bond acceptors (Lipinski definition) is 2. The zero-order valence-corrected chi connectivity index (χ0v) is 9.18. The molecule has 3 rings (SSSR count). The van der Waals surface area contributed by atoms with Crippen LogP contribution in [-0.4, -0.2) is 10.1 Å². The maximum atomic E-state index is 10.1. The van der Waals surface area contributed by atoms with E-state index in [1.54, 1.807) is 11.3 Å². The molecule has 2 nitrogen and oxygen atoms in total. The molecule has 3 heteroatoms. The number of hydrogen-bond donors (Lipinski definition) is 2. The summed E-state index contributed by atoms with van der Waals surface area (Å²) in [5, 5.41) is 10.1. The van der Waals surface area contributed by atoms with E-state index in [0.29, 0.717) is 0 Å². The second kappa shape index (κ2) is 3.51. The number of thiophene rings is 1. The highest BCUT2D eigenvalue weighted by Crippen LogP contribution is 2.35. The first-order valence-corrected chi connectivity index (χ1v) is 6.08. The van der Waals surface area contributed by atoms with Crippen molar-refractivity contribution in [2.75, 3.05) is 0 Å². The lowest BCUT2D eigenvalue weighted by Gasteiger charge is -2.05. The predicted molar refractivity (Wildman–Crippen MR) is 61.2 cm³/mol. The number of fused-ring (bicyclic) bond motifs is 1. The molecule has 0 amide bonds. The number of aliphatic hydroxyl groups excluding tert-OH is 1. The normalized spacial score (nSPS) is 16.6. The van der Waals surface area contributed by atoms with Crippen LogP contribution in [-0.2, 0) is 12.8 Å². The molecule has 1 unspecified atom stereocenters. The van der Waals surface area contributed by atoms with Crippen LogP contribution >= 0.6 is 11.3 Å². The van der Waals surface area contributed by atoms with Gasteiger partial charge in [0.05, 0.1) is 0 Å². The van der Waals surface area contributed by atoms with Crippen LogP contribution in [0.25, 0.3) is 0 Å². The van der Waals surface area contributed by atoms with Crippen molar-refractivity contribution in [1.29, 1.82) is 0 Å². The van der Waals surface area contributed by atoms with Gasteiger partial charge in [-0.3, -0.25) is 0 Å². The summed E-state index contributed by atoms with van der Waals surface area (Å²) >= 11 is 1.76. The van der Waals surface area contributed by atoms with Gasteiger partial charge in [-0.05, 0) is 37.0 Å². The quantitative estimate of drug-likeness (QED) is 0.800. The number of H-pyrrole nitrogens is 1. The Bertz CT molecular complexity index is 436. The number of aliphatic hydroxyl groups is 1. The van der Waals surface area contributed by atoms with Gasteiger partial charge in [-0.2, -0.15) is 0 Å². The largest absolute Gasteiger partial charge is 0.383 e.